The summed E-state index contributed by atoms with van der Waals surface area (Å²) in [6.07, 6.45) is 1.31. The maximum Gasteiger partial charge on any atom is 0.259 e. The Morgan fingerprint density at radius 1 is 1.30 bits per heavy atom. The molecule has 0 atom stereocenters. The molecule has 20 heavy (non-hydrogen) atoms. The first-order valence-corrected chi connectivity index (χ1v) is 8.73. The minimum atomic E-state index is -3.68. The molecule has 0 saturated carbocycles. The maximum absolute atomic E-state index is 12.2. The zero-order valence-electron chi connectivity index (χ0n) is 10.7. The highest BCUT2D eigenvalue weighted by molar-refractivity contribution is 9.08. The molecule has 0 aliphatic carbocycles. The van der Waals surface area contributed by atoms with Crippen LogP contribution in [0.4, 0.5) is 0 Å². The van der Waals surface area contributed by atoms with Crippen LogP contribution < -0.4 is 4.72 Å². The molecule has 0 unspecified atom stereocenters. The fraction of sp³-hybridized carbons (Fsp3) is 0.250. The van der Waals surface area contributed by atoms with E-state index in [-0.39, 0.29) is 16.6 Å². The average molecular weight is 379 g/mol. The smallest absolute Gasteiger partial charge is 0.255 e. The largest absolute Gasteiger partial charge is 0.259 e. The Labute approximate surface area is 131 Å². The Hall–Kier alpha value is -0.890. The summed E-state index contributed by atoms with van der Waals surface area (Å²) in [5.41, 5.74) is 2.00. The number of sulfonamides is 1. The van der Waals surface area contributed by atoms with Gasteiger partial charge in [-0.25, -0.2) is 13.1 Å². The van der Waals surface area contributed by atoms with E-state index in [9.17, 15) is 8.42 Å². The molecule has 0 fully saturated rings. The van der Waals surface area contributed by atoms with Crippen molar-refractivity contribution in [3.8, 4) is 0 Å². The van der Waals surface area contributed by atoms with Crippen molar-refractivity contribution in [2.24, 2.45) is 7.05 Å². The molecule has 2 rings (SSSR count). The van der Waals surface area contributed by atoms with E-state index < -0.39 is 10.0 Å². The number of nitrogens with one attached hydrogen (secondary N) is 1. The normalized spacial score (nSPS) is 11.8. The molecule has 0 amide bonds. The van der Waals surface area contributed by atoms with Gasteiger partial charge in [0.15, 0.2) is 5.03 Å². The predicted octanol–water partition coefficient (Wildman–Crippen LogP) is 2.45. The van der Waals surface area contributed by atoms with E-state index >= 15 is 0 Å². The molecule has 0 spiro atoms. The van der Waals surface area contributed by atoms with Crippen molar-refractivity contribution in [2.75, 3.05) is 0 Å². The monoisotopic (exact) mass is 377 g/mol. The van der Waals surface area contributed by atoms with Crippen LogP contribution in [0.5, 0.6) is 0 Å². The Kier molecular flexibility index (Phi) is 4.85. The number of aromatic nitrogens is 2. The summed E-state index contributed by atoms with van der Waals surface area (Å²) in [5.74, 6) is 0. The van der Waals surface area contributed by atoms with Gasteiger partial charge < -0.3 is 0 Å². The lowest BCUT2D eigenvalue weighted by Crippen LogP contribution is -2.25. The number of nitrogens with zero attached hydrogens (tertiary/aromatic N) is 2. The third kappa shape index (κ3) is 3.41. The second-order valence-corrected chi connectivity index (χ2v) is 6.85. The van der Waals surface area contributed by atoms with E-state index in [0.29, 0.717) is 0 Å². The first-order valence-electron chi connectivity index (χ1n) is 5.75. The Balaban J connectivity index is 2.13. The maximum atomic E-state index is 12.2. The minimum absolute atomic E-state index is 0.0313. The summed E-state index contributed by atoms with van der Waals surface area (Å²) in [6, 6.07) is 7.64. The quantitative estimate of drug-likeness (QED) is 0.813. The van der Waals surface area contributed by atoms with Crippen LogP contribution in [0, 0.1) is 0 Å². The molecule has 0 aliphatic heterocycles. The van der Waals surface area contributed by atoms with Gasteiger partial charge in [0.05, 0.1) is 11.2 Å². The molecular weight excluding hydrogens is 366 g/mol. The van der Waals surface area contributed by atoms with Crippen LogP contribution >= 0.6 is 27.5 Å². The summed E-state index contributed by atoms with van der Waals surface area (Å²) in [4.78, 5) is 0. The van der Waals surface area contributed by atoms with Crippen LogP contribution in [-0.2, 0) is 28.9 Å². The molecule has 1 aromatic heterocycles. The summed E-state index contributed by atoms with van der Waals surface area (Å²) >= 11 is 9.20. The molecule has 1 N–H and O–H groups in total. The fourth-order valence-electron chi connectivity index (χ4n) is 1.69. The fourth-order valence-corrected chi connectivity index (χ4v) is 3.74. The number of halogens is 2. The second kappa shape index (κ2) is 6.26. The number of benzene rings is 1. The lowest BCUT2D eigenvalue weighted by atomic mass is 10.2. The molecule has 1 heterocycles. The van der Waals surface area contributed by atoms with Crippen LogP contribution in [-0.4, -0.2) is 18.2 Å². The molecule has 0 radical (unpaired) electrons. The zero-order chi connectivity index (χ0) is 14.8. The van der Waals surface area contributed by atoms with Gasteiger partial charge >= 0.3 is 0 Å². The lowest BCUT2D eigenvalue weighted by Gasteiger charge is -2.08. The second-order valence-electron chi connectivity index (χ2n) is 4.20. The van der Waals surface area contributed by atoms with Crippen LogP contribution in [0.15, 0.2) is 35.5 Å². The molecule has 0 bridgehead atoms. The summed E-state index contributed by atoms with van der Waals surface area (Å²) < 4.78 is 28.1. The third-order valence-electron chi connectivity index (χ3n) is 2.74. The Bertz CT molecular complexity index is 678. The van der Waals surface area contributed by atoms with E-state index in [0.717, 1.165) is 16.5 Å². The van der Waals surface area contributed by atoms with Gasteiger partial charge in [0.2, 0.25) is 0 Å². The first kappa shape index (κ1) is 15.5. The van der Waals surface area contributed by atoms with E-state index in [1.165, 1.54) is 17.9 Å². The third-order valence-corrected chi connectivity index (χ3v) is 5.29. The predicted molar refractivity (Wildman–Crippen MR) is 81.3 cm³/mol. The van der Waals surface area contributed by atoms with Gasteiger partial charge in [0.25, 0.3) is 10.0 Å². The number of hydrogen-bond acceptors (Lipinski definition) is 3. The topological polar surface area (TPSA) is 64.0 Å². The van der Waals surface area contributed by atoms with Crippen molar-refractivity contribution < 1.29 is 8.42 Å². The Morgan fingerprint density at radius 3 is 2.40 bits per heavy atom. The summed E-state index contributed by atoms with van der Waals surface area (Å²) in [6.45, 7) is 0.201. The number of aryl methyl sites for hydroxylation is 1. The SMILES string of the molecule is Cn1ncc(Cl)c1S(=O)(=O)NCc1ccc(CBr)cc1. The van der Waals surface area contributed by atoms with Crippen LogP contribution in [0.1, 0.15) is 11.1 Å². The van der Waals surface area contributed by atoms with Gasteiger partial charge in [0, 0.05) is 18.9 Å². The number of alkyl halides is 1. The van der Waals surface area contributed by atoms with E-state index in [1.807, 2.05) is 24.3 Å². The van der Waals surface area contributed by atoms with Crippen LogP contribution in [0.2, 0.25) is 5.02 Å². The van der Waals surface area contributed by atoms with Crippen LogP contribution in [0.3, 0.4) is 0 Å². The van der Waals surface area contributed by atoms with Crippen molar-refractivity contribution in [3.05, 3.63) is 46.6 Å². The average Bonchev–Trinajstić information content (AvgIpc) is 2.77. The molecule has 0 saturated heterocycles. The summed E-state index contributed by atoms with van der Waals surface area (Å²) in [7, 11) is -2.15. The molecule has 1 aromatic carbocycles. The highest BCUT2D eigenvalue weighted by Crippen LogP contribution is 2.19. The molecule has 0 aliphatic rings. The first-order chi connectivity index (χ1) is 9.44. The van der Waals surface area contributed by atoms with Crippen molar-refractivity contribution in [3.63, 3.8) is 0 Å². The molecule has 2 aromatic rings. The van der Waals surface area contributed by atoms with Crippen molar-refractivity contribution in [2.45, 2.75) is 16.9 Å². The van der Waals surface area contributed by atoms with Gasteiger partial charge in [-0.2, -0.15) is 5.10 Å². The number of rotatable bonds is 5. The van der Waals surface area contributed by atoms with E-state index in [2.05, 4.69) is 25.8 Å². The minimum Gasteiger partial charge on any atom is -0.255 e. The zero-order valence-corrected chi connectivity index (χ0v) is 13.8. The van der Waals surface area contributed by atoms with Gasteiger partial charge in [0.1, 0.15) is 0 Å². The molecule has 108 valence electrons. The molecule has 5 nitrogen and oxygen atoms in total. The molecular formula is C12H13BrClN3O2S. The number of hydrogen-bond donors (Lipinski definition) is 1. The standard InChI is InChI=1S/C12H13BrClN3O2S/c1-17-12(11(14)8-15-17)20(18,19)16-7-10-4-2-9(6-13)3-5-10/h2-5,8,16H,6-7H2,1H3. The Morgan fingerprint density at radius 2 is 1.90 bits per heavy atom. The van der Waals surface area contributed by atoms with Gasteiger partial charge in [-0.15, -0.1) is 0 Å². The van der Waals surface area contributed by atoms with Crippen LogP contribution in [0.25, 0.3) is 0 Å². The van der Waals surface area contributed by atoms with Gasteiger partial charge in [-0.1, -0.05) is 51.8 Å². The van der Waals surface area contributed by atoms with Crippen molar-refractivity contribution in [1.82, 2.24) is 14.5 Å². The lowest BCUT2D eigenvalue weighted by molar-refractivity contribution is 0.563. The summed E-state index contributed by atoms with van der Waals surface area (Å²) in [5, 5.41) is 4.66. The van der Waals surface area contributed by atoms with E-state index in [4.69, 9.17) is 11.6 Å². The highest BCUT2D eigenvalue weighted by atomic mass is 79.9. The highest BCUT2D eigenvalue weighted by Gasteiger charge is 2.22. The van der Waals surface area contributed by atoms with Crippen molar-refractivity contribution in [1.29, 1.82) is 0 Å². The van der Waals surface area contributed by atoms with Gasteiger partial charge in [-0.05, 0) is 11.1 Å². The van der Waals surface area contributed by atoms with E-state index in [1.54, 1.807) is 0 Å². The molecule has 8 heteroatoms. The van der Waals surface area contributed by atoms with Crippen molar-refractivity contribution >= 4 is 37.6 Å². The van der Waals surface area contributed by atoms with Gasteiger partial charge in [-0.3, -0.25) is 4.68 Å².